The quantitative estimate of drug-likeness (QED) is 0.247. The molecule has 0 unspecified atom stereocenters. The third-order valence-electron chi connectivity index (χ3n) is 6.39. The van der Waals surface area contributed by atoms with Crippen LogP contribution >= 0.6 is 0 Å². The van der Waals surface area contributed by atoms with Crippen LogP contribution in [0.4, 0.5) is 4.79 Å². The van der Waals surface area contributed by atoms with Crippen LogP contribution in [0.5, 0.6) is 0 Å². The Balaban J connectivity index is 1.59. The fourth-order valence-electron chi connectivity index (χ4n) is 4.47. The molecule has 0 radical (unpaired) electrons. The number of ether oxygens (including phenoxy) is 3. The molecule has 39 heavy (non-hydrogen) atoms. The normalized spacial score (nSPS) is 14.2. The van der Waals surface area contributed by atoms with Gasteiger partial charge in [0.25, 0.3) is 23.6 Å². The molecule has 2 N–H and O–H groups in total. The lowest BCUT2D eigenvalue weighted by molar-refractivity contribution is -0.177. The molecule has 2 aromatic carbocycles. The SMILES string of the molecule is COCCNC(=O)c1ccc2c(c1)C(COC(=O)ON1C(=O)CCC1=O)c1cc(C(=O)NCCOC)ccc1-2. The number of carbonyl (C=O) groups is 5. The maximum Gasteiger partial charge on any atom is 0.533 e. The number of carbonyl (C=O) groups excluding carboxylic acids is 5. The van der Waals surface area contributed by atoms with Crippen LogP contribution in [-0.2, 0) is 28.6 Å². The number of benzene rings is 2. The summed E-state index contributed by atoms with van der Waals surface area (Å²) in [7, 11) is 3.08. The Morgan fingerprint density at radius 3 is 1.77 bits per heavy atom. The first-order chi connectivity index (χ1) is 18.8. The van der Waals surface area contributed by atoms with Crippen LogP contribution in [0, 0.1) is 0 Å². The Kier molecular flexibility index (Phi) is 8.89. The van der Waals surface area contributed by atoms with E-state index in [2.05, 4.69) is 10.6 Å². The van der Waals surface area contributed by atoms with Crippen LogP contribution in [0.15, 0.2) is 36.4 Å². The first-order valence-electron chi connectivity index (χ1n) is 12.4. The highest BCUT2D eigenvalue weighted by molar-refractivity contribution is 6.01. The van der Waals surface area contributed by atoms with Gasteiger partial charge < -0.3 is 24.8 Å². The standard InChI is InChI=1S/C27H29N3O9/c1-36-11-9-28-25(33)16-3-5-18-19-6-4-17(26(34)29-10-12-37-2)14-21(19)22(20(18)13-16)15-38-27(35)39-30-23(31)7-8-24(30)32/h3-6,13-14,22H,7-12,15H2,1-2H3,(H,28,33)(H,29,34). The van der Waals surface area contributed by atoms with E-state index in [0.29, 0.717) is 53.6 Å². The molecule has 2 aromatic rings. The first-order valence-corrected chi connectivity index (χ1v) is 12.4. The number of hydrogen-bond acceptors (Lipinski definition) is 9. The maximum atomic E-state index is 12.7. The summed E-state index contributed by atoms with van der Waals surface area (Å²) in [5.41, 5.74) is 3.85. The number of methoxy groups -OCH3 is 2. The van der Waals surface area contributed by atoms with Crippen molar-refractivity contribution in [3.8, 4) is 11.1 Å². The summed E-state index contributed by atoms with van der Waals surface area (Å²) in [6, 6.07) is 10.4. The molecule has 1 aliphatic carbocycles. The van der Waals surface area contributed by atoms with Gasteiger partial charge in [-0.3, -0.25) is 24.0 Å². The van der Waals surface area contributed by atoms with Crippen LogP contribution in [-0.4, -0.2) is 82.0 Å². The highest BCUT2D eigenvalue weighted by Crippen LogP contribution is 2.45. The number of nitrogens with one attached hydrogen (secondary N) is 2. The molecule has 206 valence electrons. The Morgan fingerprint density at radius 2 is 1.31 bits per heavy atom. The molecule has 12 heteroatoms. The molecular weight excluding hydrogens is 510 g/mol. The number of fused-ring (bicyclic) bond motifs is 3. The van der Waals surface area contributed by atoms with Gasteiger partial charge in [-0.25, -0.2) is 4.79 Å². The number of amides is 4. The smallest absolute Gasteiger partial charge is 0.432 e. The average molecular weight is 540 g/mol. The fourth-order valence-corrected chi connectivity index (χ4v) is 4.47. The number of imide groups is 1. The predicted molar refractivity (Wildman–Crippen MR) is 136 cm³/mol. The van der Waals surface area contributed by atoms with E-state index in [0.717, 1.165) is 11.1 Å². The lowest BCUT2D eigenvalue weighted by atomic mass is 9.95. The second-order valence-electron chi connectivity index (χ2n) is 8.89. The van der Waals surface area contributed by atoms with Crippen molar-refractivity contribution in [1.82, 2.24) is 15.7 Å². The van der Waals surface area contributed by atoms with Crippen molar-refractivity contribution >= 4 is 29.8 Å². The van der Waals surface area contributed by atoms with Gasteiger partial charge in [-0.05, 0) is 46.5 Å². The van der Waals surface area contributed by atoms with Crippen molar-refractivity contribution in [2.75, 3.05) is 47.1 Å². The molecule has 1 aliphatic heterocycles. The van der Waals surface area contributed by atoms with Crippen molar-refractivity contribution in [3.63, 3.8) is 0 Å². The molecule has 0 aromatic heterocycles. The summed E-state index contributed by atoms with van der Waals surface area (Å²) in [4.78, 5) is 66.1. The molecule has 2 aliphatic rings. The van der Waals surface area contributed by atoms with E-state index in [-0.39, 0.29) is 31.3 Å². The largest absolute Gasteiger partial charge is 0.533 e. The van der Waals surface area contributed by atoms with Gasteiger partial charge in [-0.2, -0.15) is 0 Å². The molecule has 4 amide bonds. The Morgan fingerprint density at radius 1 is 0.821 bits per heavy atom. The zero-order chi connectivity index (χ0) is 27.9. The second-order valence-corrected chi connectivity index (χ2v) is 8.89. The number of rotatable bonds is 11. The van der Waals surface area contributed by atoms with Crippen molar-refractivity contribution in [3.05, 3.63) is 58.7 Å². The third kappa shape index (κ3) is 6.24. The van der Waals surface area contributed by atoms with Crippen molar-refractivity contribution in [2.24, 2.45) is 0 Å². The summed E-state index contributed by atoms with van der Waals surface area (Å²) in [5, 5.41) is 5.95. The average Bonchev–Trinajstić information content (AvgIpc) is 3.42. The van der Waals surface area contributed by atoms with Gasteiger partial charge in [0, 0.05) is 57.2 Å². The zero-order valence-corrected chi connectivity index (χ0v) is 21.6. The van der Waals surface area contributed by atoms with Crippen LogP contribution in [0.25, 0.3) is 11.1 Å². The maximum absolute atomic E-state index is 12.7. The van der Waals surface area contributed by atoms with Crippen LogP contribution in [0.2, 0.25) is 0 Å². The van der Waals surface area contributed by atoms with Crippen LogP contribution in [0.1, 0.15) is 50.6 Å². The summed E-state index contributed by atoms with van der Waals surface area (Å²) in [6.07, 6.45) is -1.30. The first kappa shape index (κ1) is 27.7. The van der Waals surface area contributed by atoms with E-state index in [9.17, 15) is 24.0 Å². The number of hydrogen-bond donors (Lipinski definition) is 2. The van der Waals surface area contributed by atoms with Crippen LogP contribution < -0.4 is 10.6 Å². The van der Waals surface area contributed by atoms with E-state index >= 15 is 0 Å². The molecule has 0 atom stereocenters. The van der Waals surface area contributed by atoms with Gasteiger partial charge in [0.2, 0.25) is 0 Å². The van der Waals surface area contributed by atoms with E-state index in [1.807, 2.05) is 0 Å². The van der Waals surface area contributed by atoms with Crippen LogP contribution in [0.3, 0.4) is 0 Å². The van der Waals surface area contributed by atoms with E-state index in [1.165, 1.54) is 14.2 Å². The molecule has 1 fully saturated rings. The summed E-state index contributed by atoms with van der Waals surface area (Å²) < 4.78 is 15.3. The van der Waals surface area contributed by atoms with Gasteiger partial charge in [-0.15, -0.1) is 0 Å². The molecule has 12 nitrogen and oxygen atoms in total. The van der Waals surface area contributed by atoms with Crippen molar-refractivity contribution in [1.29, 1.82) is 0 Å². The third-order valence-corrected chi connectivity index (χ3v) is 6.39. The highest BCUT2D eigenvalue weighted by atomic mass is 16.8. The molecule has 0 saturated carbocycles. The van der Waals surface area contributed by atoms with Gasteiger partial charge in [0.15, 0.2) is 0 Å². The lowest BCUT2D eigenvalue weighted by Gasteiger charge is -2.17. The van der Waals surface area contributed by atoms with Crippen molar-refractivity contribution < 1.29 is 43.0 Å². The molecule has 0 spiro atoms. The Bertz CT molecular complexity index is 1210. The summed E-state index contributed by atoms with van der Waals surface area (Å²) in [6.45, 7) is 1.16. The predicted octanol–water partition coefficient (Wildman–Crippen LogP) is 1.77. The molecule has 1 heterocycles. The summed E-state index contributed by atoms with van der Waals surface area (Å²) >= 11 is 0. The van der Waals surface area contributed by atoms with E-state index in [4.69, 9.17) is 19.0 Å². The minimum atomic E-state index is -1.21. The highest BCUT2D eigenvalue weighted by Gasteiger charge is 2.35. The Labute approximate surface area is 224 Å². The molecular formula is C27H29N3O9. The minimum absolute atomic E-state index is 0.0417. The summed E-state index contributed by atoms with van der Waals surface area (Å²) in [5.74, 6) is -2.39. The van der Waals surface area contributed by atoms with Gasteiger partial charge >= 0.3 is 6.16 Å². The van der Waals surface area contributed by atoms with Gasteiger partial charge in [-0.1, -0.05) is 17.2 Å². The molecule has 0 bridgehead atoms. The number of hydroxylamine groups is 2. The topological polar surface area (TPSA) is 150 Å². The minimum Gasteiger partial charge on any atom is -0.432 e. The monoisotopic (exact) mass is 539 g/mol. The van der Waals surface area contributed by atoms with Crippen molar-refractivity contribution in [2.45, 2.75) is 18.8 Å². The Hall–Kier alpha value is -4.29. The van der Waals surface area contributed by atoms with E-state index < -0.39 is 23.9 Å². The van der Waals surface area contributed by atoms with E-state index in [1.54, 1.807) is 36.4 Å². The molecule has 1 saturated heterocycles. The lowest BCUT2D eigenvalue weighted by Crippen LogP contribution is -2.32. The zero-order valence-electron chi connectivity index (χ0n) is 21.6. The molecule has 4 rings (SSSR count). The van der Waals surface area contributed by atoms with Gasteiger partial charge in [0.1, 0.15) is 6.61 Å². The second kappa shape index (κ2) is 12.5. The number of nitrogens with zero attached hydrogens (tertiary/aromatic N) is 1. The van der Waals surface area contributed by atoms with Gasteiger partial charge in [0.05, 0.1) is 13.2 Å². The fraction of sp³-hybridized carbons (Fsp3) is 0.370.